The van der Waals surface area contributed by atoms with Crippen LogP contribution in [0.15, 0.2) is 30.3 Å². The molecule has 2 saturated heterocycles. The van der Waals surface area contributed by atoms with Crippen LogP contribution in [0.5, 0.6) is 0 Å². The normalized spacial score (nSPS) is 38.9. The average Bonchev–Trinajstić information content (AvgIpc) is 2.84. The molecule has 0 saturated carbocycles. The predicted molar refractivity (Wildman–Crippen MR) is 63.6 cm³/mol. The van der Waals surface area contributed by atoms with Crippen LogP contribution < -0.4 is 5.73 Å². The van der Waals surface area contributed by atoms with Crippen molar-refractivity contribution in [3.05, 3.63) is 35.9 Å². The molecule has 5 unspecified atom stereocenters. The van der Waals surface area contributed by atoms with Gasteiger partial charge in [0.15, 0.2) is 6.29 Å². The lowest BCUT2D eigenvalue weighted by atomic mass is 9.99. The standard InChI is InChI=1S/C13H17NO4/c14-10-11(15)12(9-7-17-13(10)18-9)16-6-8-4-2-1-3-5-8/h1-5,9-13,15H,6-7,14H2. The zero-order valence-electron chi connectivity index (χ0n) is 9.94. The minimum absolute atomic E-state index is 0.228. The lowest BCUT2D eigenvalue weighted by molar-refractivity contribution is -0.195. The molecule has 0 aromatic heterocycles. The topological polar surface area (TPSA) is 73.9 Å². The van der Waals surface area contributed by atoms with Crippen molar-refractivity contribution in [1.82, 2.24) is 0 Å². The average molecular weight is 251 g/mol. The van der Waals surface area contributed by atoms with Crippen molar-refractivity contribution in [3.8, 4) is 0 Å². The highest BCUT2D eigenvalue weighted by Gasteiger charge is 2.49. The van der Waals surface area contributed by atoms with E-state index < -0.39 is 24.5 Å². The fraction of sp³-hybridized carbons (Fsp3) is 0.538. The van der Waals surface area contributed by atoms with Gasteiger partial charge >= 0.3 is 0 Å². The first-order valence-electron chi connectivity index (χ1n) is 6.12. The molecular weight excluding hydrogens is 234 g/mol. The van der Waals surface area contributed by atoms with Gasteiger partial charge in [-0.05, 0) is 5.56 Å². The van der Waals surface area contributed by atoms with Gasteiger partial charge in [-0.15, -0.1) is 0 Å². The van der Waals surface area contributed by atoms with E-state index in [1.807, 2.05) is 30.3 Å². The van der Waals surface area contributed by atoms with E-state index in [0.717, 1.165) is 5.56 Å². The van der Waals surface area contributed by atoms with E-state index in [9.17, 15) is 5.11 Å². The fourth-order valence-electron chi connectivity index (χ4n) is 2.39. The second-order valence-corrected chi connectivity index (χ2v) is 4.71. The molecule has 2 aliphatic heterocycles. The van der Waals surface area contributed by atoms with Crippen LogP contribution in [0.4, 0.5) is 0 Å². The Balaban J connectivity index is 1.65. The van der Waals surface area contributed by atoms with Gasteiger partial charge in [-0.1, -0.05) is 30.3 Å². The van der Waals surface area contributed by atoms with Gasteiger partial charge in [0, 0.05) is 0 Å². The van der Waals surface area contributed by atoms with Gasteiger partial charge in [0.05, 0.1) is 19.3 Å². The van der Waals surface area contributed by atoms with Gasteiger partial charge in [0.1, 0.15) is 18.3 Å². The summed E-state index contributed by atoms with van der Waals surface area (Å²) in [6, 6.07) is 9.26. The highest BCUT2D eigenvalue weighted by atomic mass is 16.7. The first kappa shape index (κ1) is 12.1. The zero-order valence-corrected chi connectivity index (χ0v) is 9.94. The summed E-state index contributed by atoms with van der Waals surface area (Å²) < 4.78 is 16.7. The fourth-order valence-corrected chi connectivity index (χ4v) is 2.39. The summed E-state index contributed by atoms with van der Waals surface area (Å²) in [6.07, 6.45) is -1.91. The molecule has 0 aliphatic carbocycles. The zero-order chi connectivity index (χ0) is 12.5. The summed E-state index contributed by atoms with van der Waals surface area (Å²) in [7, 11) is 0. The van der Waals surface area contributed by atoms with Gasteiger partial charge in [0.25, 0.3) is 0 Å². The summed E-state index contributed by atoms with van der Waals surface area (Å²) in [4.78, 5) is 0. The number of aliphatic hydroxyl groups is 1. The molecule has 0 radical (unpaired) electrons. The number of benzene rings is 1. The van der Waals surface area contributed by atoms with Crippen molar-refractivity contribution >= 4 is 0 Å². The highest BCUT2D eigenvalue weighted by molar-refractivity contribution is 5.13. The Morgan fingerprint density at radius 1 is 1.33 bits per heavy atom. The third-order valence-corrected chi connectivity index (χ3v) is 3.43. The van der Waals surface area contributed by atoms with Crippen LogP contribution in [0.3, 0.4) is 0 Å². The molecule has 2 bridgehead atoms. The maximum absolute atomic E-state index is 10.1. The van der Waals surface area contributed by atoms with Gasteiger partial charge in [-0.2, -0.15) is 0 Å². The highest BCUT2D eigenvalue weighted by Crippen LogP contribution is 2.29. The number of rotatable bonds is 3. The van der Waals surface area contributed by atoms with Crippen LogP contribution in [-0.2, 0) is 20.8 Å². The Kier molecular flexibility index (Phi) is 3.32. The maximum Gasteiger partial charge on any atom is 0.175 e. The molecule has 2 fully saturated rings. The summed E-state index contributed by atoms with van der Waals surface area (Å²) in [5.41, 5.74) is 6.89. The van der Waals surface area contributed by atoms with Gasteiger partial charge < -0.3 is 25.1 Å². The van der Waals surface area contributed by atoms with E-state index in [1.165, 1.54) is 0 Å². The second-order valence-electron chi connectivity index (χ2n) is 4.71. The van der Waals surface area contributed by atoms with Crippen LogP contribution >= 0.6 is 0 Å². The van der Waals surface area contributed by atoms with Gasteiger partial charge in [0.2, 0.25) is 0 Å². The number of fused-ring (bicyclic) bond motifs is 2. The van der Waals surface area contributed by atoms with Crippen LogP contribution in [0.2, 0.25) is 0 Å². The number of hydrogen-bond donors (Lipinski definition) is 2. The molecule has 0 spiro atoms. The van der Waals surface area contributed by atoms with Gasteiger partial charge in [-0.3, -0.25) is 0 Å². The largest absolute Gasteiger partial charge is 0.388 e. The number of nitrogens with two attached hydrogens (primary N) is 1. The number of hydrogen-bond acceptors (Lipinski definition) is 5. The molecule has 1 aromatic carbocycles. The first-order valence-corrected chi connectivity index (χ1v) is 6.12. The molecule has 0 amide bonds. The Labute approximate surface area is 105 Å². The van der Waals surface area contributed by atoms with E-state index in [2.05, 4.69) is 0 Å². The summed E-state index contributed by atoms with van der Waals surface area (Å²) in [5, 5.41) is 10.1. The van der Waals surface area contributed by atoms with E-state index in [-0.39, 0.29) is 6.10 Å². The quantitative estimate of drug-likeness (QED) is 0.792. The molecule has 98 valence electrons. The van der Waals surface area contributed by atoms with E-state index in [4.69, 9.17) is 19.9 Å². The smallest absolute Gasteiger partial charge is 0.175 e. The summed E-state index contributed by atoms with van der Waals surface area (Å²) in [5.74, 6) is 0. The second kappa shape index (κ2) is 4.95. The molecule has 2 heterocycles. The molecule has 2 aliphatic rings. The van der Waals surface area contributed by atoms with E-state index >= 15 is 0 Å². The number of aliphatic hydroxyl groups excluding tert-OH is 1. The van der Waals surface area contributed by atoms with E-state index in [1.54, 1.807) is 0 Å². The van der Waals surface area contributed by atoms with Crippen LogP contribution in [0, 0.1) is 0 Å². The lowest BCUT2D eigenvalue weighted by Gasteiger charge is -2.36. The molecular formula is C13H17NO4. The van der Waals surface area contributed by atoms with Crippen molar-refractivity contribution in [3.63, 3.8) is 0 Å². The van der Waals surface area contributed by atoms with Crippen molar-refractivity contribution in [2.75, 3.05) is 6.61 Å². The minimum Gasteiger partial charge on any atom is -0.388 e. The SMILES string of the molecule is NC1C2OCC(O2)C(OCc2ccccc2)C1O. The van der Waals surface area contributed by atoms with Crippen molar-refractivity contribution in [2.24, 2.45) is 5.73 Å². The summed E-state index contributed by atoms with van der Waals surface area (Å²) in [6.45, 7) is 0.856. The molecule has 3 rings (SSSR count). The van der Waals surface area contributed by atoms with Crippen LogP contribution in [-0.4, -0.2) is 42.4 Å². The monoisotopic (exact) mass is 251 g/mol. The minimum atomic E-state index is -0.750. The molecule has 5 atom stereocenters. The first-order chi connectivity index (χ1) is 8.75. The number of ether oxygens (including phenoxy) is 3. The molecule has 5 nitrogen and oxygen atoms in total. The maximum atomic E-state index is 10.1. The molecule has 1 aromatic rings. The summed E-state index contributed by atoms with van der Waals surface area (Å²) >= 11 is 0. The van der Waals surface area contributed by atoms with Crippen LogP contribution in [0.25, 0.3) is 0 Å². The van der Waals surface area contributed by atoms with Crippen molar-refractivity contribution in [1.29, 1.82) is 0 Å². The predicted octanol–water partition coefficient (Wildman–Crippen LogP) is 0.0151. The third-order valence-electron chi connectivity index (χ3n) is 3.43. The Bertz CT molecular complexity index is 399. The Hall–Kier alpha value is -0.980. The molecule has 18 heavy (non-hydrogen) atoms. The molecule has 5 heteroatoms. The third kappa shape index (κ3) is 2.15. The molecule has 3 N–H and O–H groups in total. The Morgan fingerprint density at radius 3 is 2.89 bits per heavy atom. The Morgan fingerprint density at radius 2 is 2.11 bits per heavy atom. The van der Waals surface area contributed by atoms with Crippen molar-refractivity contribution in [2.45, 2.75) is 37.3 Å². The van der Waals surface area contributed by atoms with Crippen LogP contribution in [0.1, 0.15) is 5.56 Å². The lowest BCUT2D eigenvalue weighted by Crippen LogP contribution is -2.58. The van der Waals surface area contributed by atoms with E-state index in [0.29, 0.717) is 13.2 Å². The van der Waals surface area contributed by atoms with Gasteiger partial charge in [-0.25, -0.2) is 0 Å². The van der Waals surface area contributed by atoms with Crippen molar-refractivity contribution < 1.29 is 19.3 Å².